The lowest BCUT2D eigenvalue weighted by molar-refractivity contribution is 1.38. The summed E-state index contributed by atoms with van der Waals surface area (Å²) in [6, 6.07) is 14.3. The number of benzene rings is 1. The van der Waals surface area contributed by atoms with Gasteiger partial charge >= 0.3 is 0 Å². The van der Waals surface area contributed by atoms with Gasteiger partial charge in [0, 0.05) is 11.9 Å². The van der Waals surface area contributed by atoms with Gasteiger partial charge in [0.05, 0.1) is 0 Å². The lowest BCUT2D eigenvalue weighted by Gasteiger charge is -1.89. The third kappa shape index (κ3) is 2.09. The van der Waals surface area contributed by atoms with Crippen LogP contribution in [-0.2, 0) is 0 Å². The van der Waals surface area contributed by atoms with Gasteiger partial charge in [-0.2, -0.15) is 0 Å². The maximum Gasteiger partial charge on any atom is 0.0380 e. The zero-order valence-corrected chi connectivity index (χ0v) is 7.27. The summed E-state index contributed by atoms with van der Waals surface area (Å²) in [5.74, 6) is 0. The van der Waals surface area contributed by atoms with Crippen LogP contribution in [0.1, 0.15) is 11.3 Å². The molecule has 0 spiro atoms. The van der Waals surface area contributed by atoms with E-state index >= 15 is 0 Å². The Labute approximate surface area is 77.7 Å². The van der Waals surface area contributed by atoms with Crippen molar-refractivity contribution in [1.29, 1.82) is 0 Å². The Morgan fingerprint density at radius 2 is 1.69 bits per heavy atom. The molecule has 0 saturated carbocycles. The quantitative estimate of drug-likeness (QED) is 0.710. The molecule has 1 heterocycles. The van der Waals surface area contributed by atoms with Crippen molar-refractivity contribution in [2.45, 2.75) is 0 Å². The van der Waals surface area contributed by atoms with E-state index < -0.39 is 0 Å². The second-order valence-electron chi connectivity index (χ2n) is 2.87. The van der Waals surface area contributed by atoms with E-state index in [0.29, 0.717) is 0 Å². The Morgan fingerprint density at radius 1 is 0.846 bits per heavy atom. The Hall–Kier alpha value is -1.76. The summed E-state index contributed by atoms with van der Waals surface area (Å²) in [4.78, 5) is 3.12. The van der Waals surface area contributed by atoms with Crippen LogP contribution in [-0.4, -0.2) is 4.98 Å². The highest BCUT2D eigenvalue weighted by Crippen LogP contribution is 2.05. The lowest BCUT2D eigenvalue weighted by Crippen LogP contribution is -1.70. The predicted octanol–water partition coefficient (Wildman–Crippen LogP) is 3.19. The van der Waals surface area contributed by atoms with Gasteiger partial charge in [0.1, 0.15) is 0 Å². The van der Waals surface area contributed by atoms with Crippen LogP contribution in [0.2, 0.25) is 0 Å². The van der Waals surface area contributed by atoms with Gasteiger partial charge in [-0.15, -0.1) is 0 Å². The third-order valence-corrected chi connectivity index (χ3v) is 1.88. The molecule has 64 valence electrons. The first-order valence-corrected chi connectivity index (χ1v) is 4.32. The first-order valence-electron chi connectivity index (χ1n) is 4.32. The Bertz CT molecular complexity index is 371. The second kappa shape index (κ2) is 3.76. The summed E-state index contributed by atoms with van der Waals surface area (Å²) in [6.07, 6.45) is 6.08. The zero-order valence-electron chi connectivity index (χ0n) is 7.27. The Kier molecular flexibility index (Phi) is 2.28. The standard InChI is InChI=1S/C12H11N/c1-2-5-11(6-3-1)8-9-12-7-4-10-13-12/h1-10,13H. The minimum atomic E-state index is 1.13. The molecule has 2 rings (SSSR count). The van der Waals surface area contributed by atoms with Crippen LogP contribution in [0.15, 0.2) is 48.7 Å². The van der Waals surface area contributed by atoms with Gasteiger partial charge < -0.3 is 4.98 Å². The number of rotatable bonds is 2. The van der Waals surface area contributed by atoms with E-state index in [4.69, 9.17) is 0 Å². The average Bonchev–Trinajstić information content (AvgIpc) is 2.69. The van der Waals surface area contributed by atoms with Crippen molar-refractivity contribution in [2.75, 3.05) is 0 Å². The van der Waals surface area contributed by atoms with Crippen molar-refractivity contribution in [1.82, 2.24) is 4.98 Å². The third-order valence-electron chi connectivity index (χ3n) is 1.88. The van der Waals surface area contributed by atoms with E-state index in [2.05, 4.69) is 29.3 Å². The molecular formula is C12H11N. The normalized spacial score (nSPS) is 10.8. The fourth-order valence-corrected chi connectivity index (χ4v) is 1.20. The molecule has 0 aliphatic rings. The summed E-state index contributed by atoms with van der Waals surface area (Å²) in [5.41, 5.74) is 2.35. The van der Waals surface area contributed by atoms with Gasteiger partial charge in [-0.25, -0.2) is 0 Å². The second-order valence-corrected chi connectivity index (χ2v) is 2.87. The molecule has 0 amide bonds. The minimum absolute atomic E-state index is 1.13. The van der Waals surface area contributed by atoms with Gasteiger partial charge in [0.15, 0.2) is 0 Å². The topological polar surface area (TPSA) is 15.8 Å². The molecule has 1 aromatic carbocycles. The van der Waals surface area contributed by atoms with Gasteiger partial charge in [-0.3, -0.25) is 0 Å². The van der Waals surface area contributed by atoms with Crippen molar-refractivity contribution in [3.63, 3.8) is 0 Å². The maximum atomic E-state index is 3.12. The molecule has 0 saturated heterocycles. The van der Waals surface area contributed by atoms with Crippen molar-refractivity contribution < 1.29 is 0 Å². The lowest BCUT2D eigenvalue weighted by atomic mass is 10.2. The molecule has 13 heavy (non-hydrogen) atoms. The van der Waals surface area contributed by atoms with Crippen molar-refractivity contribution in [2.24, 2.45) is 0 Å². The van der Waals surface area contributed by atoms with Crippen LogP contribution in [0.5, 0.6) is 0 Å². The molecular weight excluding hydrogens is 158 g/mol. The highest BCUT2D eigenvalue weighted by molar-refractivity contribution is 5.67. The fraction of sp³-hybridized carbons (Fsp3) is 0. The zero-order chi connectivity index (χ0) is 8.93. The molecule has 1 heteroatoms. The Morgan fingerprint density at radius 3 is 2.38 bits per heavy atom. The molecule has 1 nitrogen and oxygen atoms in total. The highest BCUT2D eigenvalue weighted by atomic mass is 14.7. The van der Waals surface area contributed by atoms with Gasteiger partial charge in [-0.1, -0.05) is 36.4 Å². The molecule has 0 bridgehead atoms. The largest absolute Gasteiger partial charge is 0.362 e. The first kappa shape index (κ1) is 7.87. The summed E-state index contributed by atoms with van der Waals surface area (Å²) in [5, 5.41) is 0. The van der Waals surface area contributed by atoms with Crippen molar-refractivity contribution in [3.05, 3.63) is 59.9 Å². The van der Waals surface area contributed by atoms with Gasteiger partial charge in [-0.05, 0) is 23.8 Å². The molecule has 0 fully saturated rings. The summed E-state index contributed by atoms with van der Waals surface area (Å²) >= 11 is 0. The van der Waals surface area contributed by atoms with Crippen LogP contribution in [0.3, 0.4) is 0 Å². The summed E-state index contributed by atoms with van der Waals surface area (Å²) in [6.45, 7) is 0. The van der Waals surface area contributed by atoms with Crippen LogP contribution in [0, 0.1) is 0 Å². The van der Waals surface area contributed by atoms with Gasteiger partial charge in [0.25, 0.3) is 0 Å². The fourth-order valence-electron chi connectivity index (χ4n) is 1.20. The smallest absolute Gasteiger partial charge is 0.0380 e. The molecule has 1 N–H and O–H groups in total. The van der Waals surface area contributed by atoms with Gasteiger partial charge in [0.2, 0.25) is 0 Å². The van der Waals surface area contributed by atoms with E-state index in [1.54, 1.807) is 0 Å². The van der Waals surface area contributed by atoms with E-state index in [1.165, 1.54) is 5.56 Å². The molecule has 1 aromatic heterocycles. The van der Waals surface area contributed by atoms with Crippen LogP contribution >= 0.6 is 0 Å². The number of aromatic nitrogens is 1. The maximum absolute atomic E-state index is 3.12. The highest BCUT2D eigenvalue weighted by Gasteiger charge is 1.85. The number of aromatic amines is 1. The molecule has 0 aliphatic heterocycles. The predicted molar refractivity (Wildman–Crippen MR) is 56.2 cm³/mol. The molecule has 0 unspecified atom stereocenters. The van der Waals surface area contributed by atoms with E-state index in [-0.39, 0.29) is 0 Å². The van der Waals surface area contributed by atoms with E-state index in [1.807, 2.05) is 36.5 Å². The first-order chi connectivity index (χ1) is 6.45. The number of nitrogens with one attached hydrogen (secondary N) is 1. The van der Waals surface area contributed by atoms with Crippen molar-refractivity contribution >= 4 is 12.2 Å². The van der Waals surface area contributed by atoms with Crippen LogP contribution < -0.4 is 0 Å². The Balaban J connectivity index is 2.15. The summed E-state index contributed by atoms with van der Waals surface area (Å²) in [7, 11) is 0. The van der Waals surface area contributed by atoms with Crippen molar-refractivity contribution in [3.8, 4) is 0 Å². The number of H-pyrrole nitrogens is 1. The molecule has 0 atom stereocenters. The van der Waals surface area contributed by atoms with Crippen LogP contribution in [0.4, 0.5) is 0 Å². The molecule has 2 aromatic rings. The summed E-state index contributed by atoms with van der Waals surface area (Å²) < 4.78 is 0. The van der Waals surface area contributed by atoms with E-state index in [9.17, 15) is 0 Å². The molecule has 0 aliphatic carbocycles. The average molecular weight is 169 g/mol. The molecule has 0 radical (unpaired) electrons. The number of hydrogen-bond donors (Lipinski definition) is 1. The monoisotopic (exact) mass is 169 g/mol. The van der Waals surface area contributed by atoms with E-state index in [0.717, 1.165) is 5.69 Å². The SMILES string of the molecule is C(=Cc1ccc[nH]1)c1ccccc1. The minimum Gasteiger partial charge on any atom is -0.362 e. The van der Waals surface area contributed by atoms with Crippen LogP contribution in [0.25, 0.3) is 12.2 Å². The number of hydrogen-bond acceptors (Lipinski definition) is 0.